The number of aromatic nitrogens is 2. The molecule has 13 aromatic carbocycles. The van der Waals surface area contributed by atoms with Crippen LogP contribution in [0.2, 0.25) is 0 Å². The zero-order chi connectivity index (χ0) is 61.1. The Labute approximate surface area is 532 Å². The van der Waals surface area contributed by atoms with Gasteiger partial charge in [-0.05, 0) is 195 Å². The average Bonchev–Trinajstić information content (AvgIpc) is 1.62. The van der Waals surface area contributed by atoms with Crippen molar-refractivity contribution in [1.82, 2.24) is 9.13 Å². The lowest BCUT2D eigenvalue weighted by atomic mass is 9.81. The molecule has 0 spiro atoms. The Balaban J connectivity index is 0.579. The van der Waals surface area contributed by atoms with E-state index < -0.39 is 0 Å². The molecule has 432 valence electrons. The maximum Gasteiger partial charge on any atom is 0.0541 e. The van der Waals surface area contributed by atoms with Gasteiger partial charge in [0.15, 0.2) is 0 Å². The Morgan fingerprint density at radius 1 is 0.231 bits per heavy atom. The lowest BCUT2D eigenvalue weighted by Crippen LogP contribution is -2.15. The minimum absolute atomic E-state index is 0.155. The molecule has 0 bridgehead atoms. The fraction of sp³-hybridized carbons (Fsp3) is 0.101. The van der Waals surface area contributed by atoms with Crippen molar-refractivity contribution in [3.63, 3.8) is 0 Å². The van der Waals surface area contributed by atoms with E-state index in [2.05, 4.69) is 342 Å². The lowest BCUT2D eigenvalue weighted by molar-refractivity contribution is 0.660. The molecule has 0 radical (unpaired) electrons. The first-order chi connectivity index (χ1) is 44.3. The third-order valence-corrected chi connectivity index (χ3v) is 21.1. The molecule has 2 aromatic heterocycles. The zero-order valence-electron chi connectivity index (χ0n) is 52.1. The van der Waals surface area contributed by atoms with Crippen LogP contribution in [0.1, 0.15) is 97.2 Å². The summed E-state index contributed by atoms with van der Waals surface area (Å²) in [5.74, 6) is 0. The molecule has 0 fully saturated rings. The van der Waals surface area contributed by atoms with Gasteiger partial charge in [0.1, 0.15) is 0 Å². The highest BCUT2D eigenvalue weighted by atomic mass is 15.0. The molecule has 15 aromatic rings. The van der Waals surface area contributed by atoms with Crippen LogP contribution >= 0.6 is 0 Å². The summed E-state index contributed by atoms with van der Waals surface area (Å²) in [5.41, 5.74) is 32.8. The second-order valence-corrected chi connectivity index (χ2v) is 27.3. The quantitative estimate of drug-likeness (QED) is 0.134. The highest BCUT2D eigenvalue weighted by molar-refractivity contribution is 6.12. The van der Waals surface area contributed by atoms with E-state index in [-0.39, 0.29) is 16.2 Å². The summed E-state index contributed by atoms with van der Waals surface area (Å²) >= 11 is 0. The second-order valence-electron chi connectivity index (χ2n) is 27.3. The van der Waals surface area contributed by atoms with E-state index in [1.165, 1.54) is 177 Å². The topological polar surface area (TPSA) is 9.86 Å². The molecule has 2 heteroatoms. The van der Waals surface area contributed by atoms with Gasteiger partial charge >= 0.3 is 0 Å². The molecule has 0 unspecified atom stereocenters. The molecule has 2 nitrogen and oxygen atoms in total. The summed E-state index contributed by atoms with van der Waals surface area (Å²) in [5, 5.41) is 7.58. The summed E-state index contributed by atoms with van der Waals surface area (Å²) in [7, 11) is 0. The summed E-state index contributed by atoms with van der Waals surface area (Å²) < 4.78 is 4.81. The van der Waals surface area contributed by atoms with Crippen molar-refractivity contribution in [3.8, 4) is 67.0 Å². The Morgan fingerprint density at radius 2 is 0.560 bits per heavy atom. The van der Waals surface area contributed by atoms with E-state index in [9.17, 15) is 0 Å². The normalized spacial score (nSPS) is 14.7. The standard InChI is InChI=1S/C89H66N2/c1-87(2)77-46-55(24-26-57-30-40-69-71-42-33-63(53-81(71)88(3,4)79(69)48-57)61-35-44-85-75(51-61)73-20-12-14-22-83(73)90(85)65-18-8-7-9-19-65)28-38-67(77)68-39-29-56(47-78(68)87)25-27-58-31-41-70-72-43-34-64(54-82(72)89(5,6)80(70)49-58)62-36-45-86-76(52-62)74-21-13-15-23-84(74)91(86)66-37-32-59-16-10-11-17-60(59)50-66/h7-54H,1-6H3/b26-24+,27-25+. The molecular formula is C89H66N2. The predicted octanol–water partition coefficient (Wildman–Crippen LogP) is 23.6. The Hall–Kier alpha value is -10.8. The molecule has 0 saturated heterocycles. The van der Waals surface area contributed by atoms with Crippen LogP contribution < -0.4 is 0 Å². The van der Waals surface area contributed by atoms with Gasteiger partial charge in [-0.1, -0.05) is 260 Å². The van der Waals surface area contributed by atoms with Crippen molar-refractivity contribution in [2.24, 2.45) is 0 Å². The summed E-state index contributed by atoms with van der Waals surface area (Å²) in [6.07, 6.45) is 9.21. The number of benzene rings is 13. The van der Waals surface area contributed by atoms with Gasteiger partial charge in [0.25, 0.3) is 0 Å². The molecule has 3 aliphatic rings. The largest absolute Gasteiger partial charge is 0.309 e. The van der Waals surface area contributed by atoms with Gasteiger partial charge in [-0.25, -0.2) is 0 Å². The summed E-state index contributed by atoms with van der Waals surface area (Å²) in [6, 6.07) is 100. The monoisotopic (exact) mass is 1160 g/mol. The Kier molecular flexibility index (Phi) is 11.5. The fourth-order valence-corrected chi connectivity index (χ4v) is 16.2. The van der Waals surface area contributed by atoms with Gasteiger partial charge in [-0.15, -0.1) is 0 Å². The molecule has 0 atom stereocenters. The molecule has 91 heavy (non-hydrogen) atoms. The van der Waals surface area contributed by atoms with E-state index in [0.717, 1.165) is 0 Å². The highest BCUT2D eigenvalue weighted by Gasteiger charge is 2.38. The maximum atomic E-state index is 2.45. The van der Waals surface area contributed by atoms with Crippen molar-refractivity contribution in [3.05, 3.63) is 323 Å². The smallest absolute Gasteiger partial charge is 0.0541 e. The van der Waals surface area contributed by atoms with Crippen molar-refractivity contribution >= 4 is 78.7 Å². The predicted molar refractivity (Wildman–Crippen MR) is 387 cm³/mol. The van der Waals surface area contributed by atoms with E-state index in [0.29, 0.717) is 0 Å². The van der Waals surface area contributed by atoms with Crippen LogP contribution in [0.3, 0.4) is 0 Å². The van der Waals surface area contributed by atoms with E-state index in [1.54, 1.807) is 0 Å². The van der Waals surface area contributed by atoms with Crippen LogP contribution in [0.4, 0.5) is 0 Å². The molecule has 0 amide bonds. The third-order valence-electron chi connectivity index (χ3n) is 21.1. The Morgan fingerprint density at radius 3 is 1.00 bits per heavy atom. The van der Waals surface area contributed by atoms with Gasteiger partial charge in [-0.3, -0.25) is 0 Å². The minimum atomic E-state index is -0.166. The van der Waals surface area contributed by atoms with Gasteiger partial charge in [0.2, 0.25) is 0 Å². The first-order valence-corrected chi connectivity index (χ1v) is 32.2. The minimum Gasteiger partial charge on any atom is -0.309 e. The van der Waals surface area contributed by atoms with Crippen LogP contribution in [0, 0.1) is 0 Å². The molecule has 0 aliphatic heterocycles. The summed E-state index contributed by atoms with van der Waals surface area (Å²) in [6.45, 7) is 14.4. The zero-order valence-corrected chi connectivity index (χ0v) is 52.1. The van der Waals surface area contributed by atoms with Gasteiger partial charge in [0.05, 0.1) is 22.1 Å². The second kappa shape index (κ2) is 19.6. The molecule has 2 heterocycles. The first kappa shape index (κ1) is 53.2. The van der Waals surface area contributed by atoms with Crippen LogP contribution in [-0.4, -0.2) is 9.13 Å². The number of fused-ring (bicyclic) bond motifs is 16. The van der Waals surface area contributed by atoms with Crippen LogP contribution in [-0.2, 0) is 16.2 Å². The first-order valence-electron chi connectivity index (χ1n) is 32.2. The molecule has 0 saturated carbocycles. The lowest BCUT2D eigenvalue weighted by Gasteiger charge is -2.22. The van der Waals surface area contributed by atoms with Crippen LogP contribution in [0.15, 0.2) is 267 Å². The third kappa shape index (κ3) is 8.11. The SMILES string of the molecule is CC1(C)c2cc(/C=C/c3ccc4c(c3)C(C)(C)c3cc(-c5ccc6c(c5)c5ccccc5n6-c5ccccc5)ccc3-4)ccc2-c2ccc(/C=C/c3ccc4c(c3)C(C)(C)c3cc(-c5ccc6c(c5)c5ccccc5n6-c5ccc6ccccc6c5)ccc3-4)cc21. The average molecular weight is 1160 g/mol. The van der Waals surface area contributed by atoms with Gasteiger partial charge < -0.3 is 9.13 Å². The fourth-order valence-electron chi connectivity index (χ4n) is 16.2. The maximum absolute atomic E-state index is 2.45. The van der Waals surface area contributed by atoms with Gasteiger partial charge in [0, 0.05) is 49.2 Å². The van der Waals surface area contributed by atoms with Crippen molar-refractivity contribution in [2.45, 2.75) is 57.8 Å². The van der Waals surface area contributed by atoms with E-state index >= 15 is 0 Å². The number of para-hydroxylation sites is 3. The molecular weight excluding hydrogens is 1100 g/mol. The highest BCUT2D eigenvalue weighted by Crippen LogP contribution is 2.54. The number of hydrogen-bond donors (Lipinski definition) is 0. The summed E-state index contributed by atoms with van der Waals surface area (Å²) in [4.78, 5) is 0. The number of nitrogens with zero attached hydrogens (tertiary/aromatic N) is 2. The number of hydrogen-bond acceptors (Lipinski definition) is 0. The Bertz CT molecular complexity index is 5670. The van der Waals surface area contributed by atoms with Crippen molar-refractivity contribution in [1.29, 1.82) is 0 Å². The van der Waals surface area contributed by atoms with Crippen molar-refractivity contribution in [2.75, 3.05) is 0 Å². The number of rotatable bonds is 8. The molecule has 18 rings (SSSR count). The van der Waals surface area contributed by atoms with Gasteiger partial charge in [-0.2, -0.15) is 0 Å². The van der Waals surface area contributed by atoms with Crippen LogP contribution in [0.5, 0.6) is 0 Å². The molecule has 0 N–H and O–H groups in total. The molecule has 3 aliphatic carbocycles. The van der Waals surface area contributed by atoms with Crippen LogP contribution in [0.25, 0.3) is 146 Å². The van der Waals surface area contributed by atoms with E-state index in [4.69, 9.17) is 0 Å². The van der Waals surface area contributed by atoms with Crippen molar-refractivity contribution < 1.29 is 0 Å². The van der Waals surface area contributed by atoms with E-state index in [1.807, 2.05) is 0 Å².